The molecule has 2 N–H and O–H groups in total. The van der Waals surface area contributed by atoms with E-state index < -0.39 is 0 Å². The Labute approximate surface area is 94.4 Å². The van der Waals surface area contributed by atoms with Crippen LogP contribution < -0.4 is 5.73 Å². The molecule has 1 atom stereocenters. The molecular formula is C11H17N3S. The van der Waals surface area contributed by atoms with Gasteiger partial charge in [-0.1, -0.05) is 0 Å². The fourth-order valence-corrected chi connectivity index (χ4v) is 3.86. The van der Waals surface area contributed by atoms with Crippen LogP contribution in [-0.4, -0.2) is 21.3 Å². The van der Waals surface area contributed by atoms with Crippen molar-refractivity contribution in [3.63, 3.8) is 0 Å². The summed E-state index contributed by atoms with van der Waals surface area (Å²) in [6.07, 6.45) is 6.17. The number of hydrogen-bond donors (Lipinski definition) is 1. The summed E-state index contributed by atoms with van der Waals surface area (Å²) in [5.41, 5.74) is 8.77. The van der Waals surface area contributed by atoms with Crippen molar-refractivity contribution in [2.75, 3.05) is 17.2 Å². The van der Waals surface area contributed by atoms with Gasteiger partial charge in [-0.15, -0.1) is 0 Å². The van der Waals surface area contributed by atoms with Crippen molar-refractivity contribution < 1.29 is 0 Å². The molecule has 0 aromatic carbocycles. The predicted molar refractivity (Wildman–Crippen MR) is 64.3 cm³/mol. The smallest absolute Gasteiger partial charge is 0.148 e. The molecule has 1 unspecified atom stereocenters. The number of rotatable bonds is 1. The molecule has 3 nitrogen and oxygen atoms in total. The summed E-state index contributed by atoms with van der Waals surface area (Å²) in [5, 5.41) is 4.56. The number of thioether (sulfide) groups is 1. The summed E-state index contributed by atoms with van der Waals surface area (Å²) in [7, 11) is 0. The largest absolute Gasteiger partial charge is 0.382 e. The first-order valence-corrected chi connectivity index (χ1v) is 6.95. The Morgan fingerprint density at radius 1 is 1.33 bits per heavy atom. The van der Waals surface area contributed by atoms with Crippen LogP contribution in [-0.2, 0) is 12.8 Å². The second kappa shape index (κ2) is 3.74. The second-order valence-electron chi connectivity index (χ2n) is 4.48. The number of nitrogens with zero attached hydrogens (tertiary/aromatic N) is 2. The molecule has 0 radical (unpaired) electrons. The highest BCUT2D eigenvalue weighted by Gasteiger charge is 2.25. The van der Waals surface area contributed by atoms with Crippen LogP contribution in [0.4, 0.5) is 5.82 Å². The van der Waals surface area contributed by atoms with Crippen LogP contribution in [0, 0.1) is 0 Å². The van der Waals surface area contributed by atoms with Gasteiger partial charge in [0, 0.05) is 17.0 Å². The highest BCUT2D eigenvalue weighted by molar-refractivity contribution is 7.99. The van der Waals surface area contributed by atoms with Crippen molar-refractivity contribution in [1.29, 1.82) is 0 Å². The van der Waals surface area contributed by atoms with Gasteiger partial charge in [-0.25, -0.2) is 0 Å². The Bertz CT molecular complexity index is 366. The van der Waals surface area contributed by atoms with Gasteiger partial charge in [-0.05, 0) is 37.9 Å². The van der Waals surface area contributed by atoms with E-state index in [9.17, 15) is 0 Å². The van der Waals surface area contributed by atoms with E-state index >= 15 is 0 Å². The molecule has 0 spiro atoms. The Morgan fingerprint density at radius 2 is 2.20 bits per heavy atom. The third-order valence-electron chi connectivity index (χ3n) is 3.49. The minimum absolute atomic E-state index is 0.610. The van der Waals surface area contributed by atoms with Gasteiger partial charge in [-0.3, -0.25) is 4.68 Å². The lowest BCUT2D eigenvalue weighted by Gasteiger charge is -2.17. The quantitative estimate of drug-likeness (QED) is 0.792. The number of nitrogen functional groups attached to an aromatic ring is 1. The summed E-state index contributed by atoms with van der Waals surface area (Å²) < 4.78 is 2.24. The van der Waals surface area contributed by atoms with Crippen LogP contribution in [0.3, 0.4) is 0 Å². The molecule has 2 aliphatic rings. The van der Waals surface area contributed by atoms with Crippen LogP contribution in [0.15, 0.2) is 0 Å². The maximum atomic E-state index is 5.99. The average Bonchev–Trinajstić information content (AvgIpc) is 2.87. The molecule has 0 saturated carbocycles. The van der Waals surface area contributed by atoms with E-state index in [0.29, 0.717) is 6.04 Å². The summed E-state index contributed by atoms with van der Waals surface area (Å²) >= 11 is 2.04. The molecule has 1 aliphatic carbocycles. The van der Waals surface area contributed by atoms with Crippen molar-refractivity contribution in [3.05, 3.63) is 11.3 Å². The number of fused-ring (bicyclic) bond motifs is 1. The Hall–Kier alpha value is -0.640. The molecule has 0 amide bonds. The van der Waals surface area contributed by atoms with Gasteiger partial charge < -0.3 is 5.73 Å². The van der Waals surface area contributed by atoms with Crippen LogP contribution in [0.25, 0.3) is 0 Å². The fourth-order valence-electron chi connectivity index (χ4n) is 2.67. The lowest BCUT2D eigenvalue weighted by Crippen LogP contribution is -2.15. The highest BCUT2D eigenvalue weighted by atomic mass is 32.2. The van der Waals surface area contributed by atoms with Gasteiger partial charge in [-0.2, -0.15) is 16.9 Å². The first-order chi connectivity index (χ1) is 7.36. The second-order valence-corrected chi connectivity index (χ2v) is 5.63. The Balaban J connectivity index is 1.99. The molecule has 1 aromatic rings. The SMILES string of the molecule is Nc1nn(C2CCSC2)c2c1CCCC2. The molecule has 1 aliphatic heterocycles. The van der Waals surface area contributed by atoms with Gasteiger partial charge in [0.05, 0.1) is 6.04 Å². The van der Waals surface area contributed by atoms with Gasteiger partial charge in [0.15, 0.2) is 0 Å². The summed E-state index contributed by atoms with van der Waals surface area (Å²) in [4.78, 5) is 0. The molecular weight excluding hydrogens is 206 g/mol. The van der Waals surface area contributed by atoms with E-state index in [4.69, 9.17) is 5.73 Å². The molecule has 1 aromatic heterocycles. The number of hydrogen-bond acceptors (Lipinski definition) is 3. The van der Waals surface area contributed by atoms with Crippen LogP contribution in [0.2, 0.25) is 0 Å². The van der Waals surface area contributed by atoms with Crippen molar-refractivity contribution in [1.82, 2.24) is 9.78 Å². The average molecular weight is 223 g/mol. The fraction of sp³-hybridized carbons (Fsp3) is 0.727. The zero-order valence-electron chi connectivity index (χ0n) is 8.91. The molecule has 3 rings (SSSR count). The maximum Gasteiger partial charge on any atom is 0.148 e. The summed E-state index contributed by atoms with van der Waals surface area (Å²) in [6, 6.07) is 0.610. The minimum atomic E-state index is 0.610. The van der Waals surface area contributed by atoms with Gasteiger partial charge >= 0.3 is 0 Å². The molecule has 0 bridgehead atoms. The van der Waals surface area contributed by atoms with E-state index in [1.165, 1.54) is 48.4 Å². The zero-order chi connectivity index (χ0) is 10.3. The zero-order valence-corrected chi connectivity index (χ0v) is 9.72. The summed E-state index contributed by atoms with van der Waals surface area (Å²) in [5.74, 6) is 3.29. The topological polar surface area (TPSA) is 43.8 Å². The van der Waals surface area contributed by atoms with Crippen molar-refractivity contribution >= 4 is 17.6 Å². The van der Waals surface area contributed by atoms with Gasteiger partial charge in [0.2, 0.25) is 0 Å². The third-order valence-corrected chi connectivity index (χ3v) is 4.64. The summed E-state index contributed by atoms with van der Waals surface area (Å²) in [6.45, 7) is 0. The van der Waals surface area contributed by atoms with E-state index in [1.54, 1.807) is 0 Å². The van der Waals surface area contributed by atoms with Crippen LogP contribution in [0.1, 0.15) is 36.6 Å². The first kappa shape index (κ1) is 9.58. The number of aromatic nitrogens is 2. The molecule has 2 heterocycles. The van der Waals surface area contributed by atoms with E-state index in [-0.39, 0.29) is 0 Å². The van der Waals surface area contributed by atoms with Crippen molar-refractivity contribution in [2.24, 2.45) is 0 Å². The van der Waals surface area contributed by atoms with Crippen LogP contribution >= 0.6 is 11.8 Å². The van der Waals surface area contributed by atoms with Gasteiger partial charge in [0.1, 0.15) is 5.82 Å². The standard InChI is InChI=1S/C11H17N3S/c12-11-9-3-1-2-4-10(9)14(13-11)8-5-6-15-7-8/h8H,1-7H2,(H2,12,13). The van der Waals surface area contributed by atoms with E-state index in [0.717, 1.165) is 12.2 Å². The van der Waals surface area contributed by atoms with E-state index in [2.05, 4.69) is 9.78 Å². The monoisotopic (exact) mass is 223 g/mol. The third kappa shape index (κ3) is 1.55. The normalized spacial score (nSPS) is 25.5. The van der Waals surface area contributed by atoms with Crippen LogP contribution in [0.5, 0.6) is 0 Å². The Kier molecular flexibility index (Phi) is 2.39. The molecule has 4 heteroatoms. The molecule has 1 saturated heterocycles. The lowest BCUT2D eigenvalue weighted by atomic mass is 9.97. The molecule has 82 valence electrons. The highest BCUT2D eigenvalue weighted by Crippen LogP contribution is 2.33. The number of nitrogens with two attached hydrogens (primary N) is 1. The predicted octanol–water partition coefficient (Wildman–Crippen LogP) is 2.02. The lowest BCUT2D eigenvalue weighted by molar-refractivity contribution is 0.472. The van der Waals surface area contributed by atoms with Gasteiger partial charge in [0.25, 0.3) is 0 Å². The first-order valence-electron chi connectivity index (χ1n) is 5.80. The molecule has 1 fully saturated rings. The maximum absolute atomic E-state index is 5.99. The van der Waals surface area contributed by atoms with E-state index in [1.807, 2.05) is 11.8 Å². The molecule has 15 heavy (non-hydrogen) atoms. The minimum Gasteiger partial charge on any atom is -0.382 e. The van der Waals surface area contributed by atoms with Crippen molar-refractivity contribution in [2.45, 2.75) is 38.1 Å². The number of anilines is 1. The van der Waals surface area contributed by atoms with Crippen molar-refractivity contribution in [3.8, 4) is 0 Å². The Morgan fingerprint density at radius 3 is 3.00 bits per heavy atom.